The molecule has 0 unspecified atom stereocenters. The number of rotatable bonds is 7. The number of nitrogens with one attached hydrogen (secondary N) is 1. The zero-order valence-electron chi connectivity index (χ0n) is 17.5. The number of nitrogens with zero attached hydrogens (tertiary/aromatic N) is 1. The molecule has 0 saturated carbocycles. The number of hydrogen-bond acceptors (Lipinski definition) is 5. The molecule has 31 heavy (non-hydrogen) atoms. The second-order valence-electron chi connectivity index (χ2n) is 8.15. The molecule has 1 heterocycles. The Morgan fingerprint density at radius 3 is 2.55 bits per heavy atom. The zero-order chi connectivity index (χ0) is 22.6. The van der Waals surface area contributed by atoms with Crippen LogP contribution in [0.1, 0.15) is 36.5 Å². The lowest BCUT2D eigenvalue weighted by molar-refractivity contribution is -0.150. The molecule has 1 aliphatic heterocycles. The average molecular weight is 447 g/mol. The Labute approximate surface area is 186 Å². The molecule has 2 amide bonds. The Bertz CT molecular complexity index is 945. The van der Waals surface area contributed by atoms with E-state index in [2.05, 4.69) is 5.32 Å². The van der Waals surface area contributed by atoms with Crippen LogP contribution in [0.25, 0.3) is 0 Å². The van der Waals surface area contributed by atoms with Crippen molar-refractivity contribution in [1.29, 1.82) is 0 Å². The summed E-state index contributed by atoms with van der Waals surface area (Å²) in [6.07, 6.45) is 1.66. The molecule has 0 spiro atoms. The van der Waals surface area contributed by atoms with Crippen molar-refractivity contribution >= 4 is 23.4 Å². The van der Waals surface area contributed by atoms with Crippen molar-refractivity contribution in [2.75, 3.05) is 6.54 Å². The van der Waals surface area contributed by atoms with Crippen LogP contribution in [0.15, 0.2) is 42.5 Å². The molecule has 1 aliphatic rings. The molecule has 2 aromatic carbocycles. The van der Waals surface area contributed by atoms with Crippen LogP contribution in [0.3, 0.4) is 0 Å². The van der Waals surface area contributed by atoms with Gasteiger partial charge in [0.2, 0.25) is 11.8 Å². The molecule has 166 valence electrons. The lowest BCUT2D eigenvalue weighted by Crippen LogP contribution is -2.57. The van der Waals surface area contributed by atoms with E-state index < -0.39 is 17.5 Å². The van der Waals surface area contributed by atoms with Gasteiger partial charge in [0.25, 0.3) is 0 Å². The Morgan fingerprint density at radius 1 is 1.23 bits per heavy atom. The van der Waals surface area contributed by atoms with Gasteiger partial charge in [-0.05, 0) is 73.7 Å². The standard InChI is InChI=1S/C23H28ClFN4O2/c1-23(9-2-10-28-23)22(31)29(14-17-12-18(24)6-5-16(17)13-26)21(30)20(27)11-15-3-7-19(25)8-4-15/h3-8,12,20,28H,2,9-11,13-14,26-27H2,1H3/t20-,23+/m1/s1. The lowest BCUT2D eigenvalue weighted by atomic mass is 9.96. The molecule has 0 radical (unpaired) electrons. The maximum Gasteiger partial charge on any atom is 0.249 e. The maximum absolute atomic E-state index is 13.5. The van der Waals surface area contributed by atoms with Crippen molar-refractivity contribution in [3.05, 3.63) is 70.0 Å². The van der Waals surface area contributed by atoms with E-state index in [4.69, 9.17) is 23.1 Å². The van der Waals surface area contributed by atoms with E-state index >= 15 is 0 Å². The van der Waals surface area contributed by atoms with Gasteiger partial charge in [-0.15, -0.1) is 0 Å². The second-order valence-corrected chi connectivity index (χ2v) is 8.58. The molecule has 6 nitrogen and oxygen atoms in total. The third-order valence-corrected chi connectivity index (χ3v) is 5.99. The molecule has 3 rings (SSSR count). The van der Waals surface area contributed by atoms with Crippen LogP contribution in [0.2, 0.25) is 5.02 Å². The quantitative estimate of drug-likeness (QED) is 0.606. The Morgan fingerprint density at radius 2 is 1.94 bits per heavy atom. The topological polar surface area (TPSA) is 101 Å². The molecule has 1 saturated heterocycles. The molecule has 0 bridgehead atoms. The number of hydrogen-bond donors (Lipinski definition) is 3. The first kappa shape index (κ1) is 23.3. The summed E-state index contributed by atoms with van der Waals surface area (Å²) in [5, 5.41) is 3.71. The third-order valence-electron chi connectivity index (χ3n) is 5.75. The monoisotopic (exact) mass is 446 g/mol. The summed E-state index contributed by atoms with van der Waals surface area (Å²) >= 11 is 6.16. The molecule has 5 N–H and O–H groups in total. The van der Waals surface area contributed by atoms with E-state index in [0.717, 1.165) is 12.0 Å². The lowest BCUT2D eigenvalue weighted by Gasteiger charge is -2.32. The summed E-state index contributed by atoms with van der Waals surface area (Å²) in [5.41, 5.74) is 13.4. The van der Waals surface area contributed by atoms with Crippen LogP contribution in [0.5, 0.6) is 0 Å². The first-order chi connectivity index (χ1) is 14.7. The van der Waals surface area contributed by atoms with Gasteiger partial charge < -0.3 is 16.8 Å². The fraction of sp³-hybridized carbons (Fsp3) is 0.391. The minimum Gasteiger partial charge on any atom is -0.326 e. The van der Waals surface area contributed by atoms with E-state index in [0.29, 0.717) is 29.1 Å². The first-order valence-electron chi connectivity index (χ1n) is 10.3. The Kier molecular flexibility index (Phi) is 7.43. The molecular formula is C23H28ClFN4O2. The highest BCUT2D eigenvalue weighted by Gasteiger charge is 2.42. The number of amides is 2. The van der Waals surface area contributed by atoms with Crippen LogP contribution in [-0.4, -0.2) is 34.8 Å². The Balaban J connectivity index is 1.89. The molecular weight excluding hydrogens is 419 g/mol. The van der Waals surface area contributed by atoms with E-state index in [1.54, 1.807) is 37.3 Å². The van der Waals surface area contributed by atoms with Crippen LogP contribution >= 0.6 is 11.6 Å². The average Bonchev–Trinajstić information content (AvgIpc) is 3.20. The van der Waals surface area contributed by atoms with E-state index in [-0.39, 0.29) is 31.2 Å². The smallest absolute Gasteiger partial charge is 0.249 e. The summed E-state index contributed by atoms with van der Waals surface area (Å²) in [5.74, 6) is -1.18. The van der Waals surface area contributed by atoms with Crippen molar-refractivity contribution in [2.24, 2.45) is 11.5 Å². The number of benzene rings is 2. The van der Waals surface area contributed by atoms with Gasteiger partial charge in [-0.25, -0.2) is 4.39 Å². The fourth-order valence-corrected chi connectivity index (χ4v) is 4.09. The van der Waals surface area contributed by atoms with Crippen molar-refractivity contribution in [2.45, 2.75) is 50.9 Å². The predicted octanol–water partition coefficient (Wildman–Crippen LogP) is 2.51. The zero-order valence-corrected chi connectivity index (χ0v) is 18.3. The first-order valence-corrected chi connectivity index (χ1v) is 10.7. The number of halogens is 2. The predicted molar refractivity (Wildman–Crippen MR) is 119 cm³/mol. The highest BCUT2D eigenvalue weighted by Crippen LogP contribution is 2.25. The van der Waals surface area contributed by atoms with Gasteiger partial charge >= 0.3 is 0 Å². The fourth-order valence-electron chi connectivity index (χ4n) is 3.90. The largest absolute Gasteiger partial charge is 0.326 e. The number of nitrogens with two attached hydrogens (primary N) is 2. The number of imide groups is 1. The van der Waals surface area contributed by atoms with Crippen molar-refractivity contribution in [3.8, 4) is 0 Å². The minimum atomic E-state index is -0.958. The summed E-state index contributed by atoms with van der Waals surface area (Å²) in [6.45, 7) is 2.78. The molecule has 2 aromatic rings. The van der Waals surface area contributed by atoms with Gasteiger partial charge in [0.05, 0.1) is 18.1 Å². The highest BCUT2D eigenvalue weighted by molar-refractivity contribution is 6.30. The maximum atomic E-state index is 13.5. The van der Waals surface area contributed by atoms with Gasteiger partial charge in [0.15, 0.2) is 0 Å². The molecule has 0 aromatic heterocycles. The van der Waals surface area contributed by atoms with Crippen LogP contribution in [-0.2, 0) is 29.1 Å². The summed E-state index contributed by atoms with van der Waals surface area (Å²) < 4.78 is 13.2. The SMILES string of the molecule is C[C@@]1(C(=O)N(Cc2cc(Cl)ccc2CN)C(=O)[C@H](N)Cc2ccc(F)cc2)CCCN1. The molecule has 2 atom stereocenters. The van der Waals surface area contributed by atoms with Crippen LogP contribution in [0.4, 0.5) is 4.39 Å². The molecule has 1 fully saturated rings. The molecule has 0 aliphatic carbocycles. The van der Waals surface area contributed by atoms with E-state index in [1.165, 1.54) is 17.0 Å². The number of carbonyl (C=O) groups excluding carboxylic acids is 2. The van der Waals surface area contributed by atoms with E-state index in [9.17, 15) is 14.0 Å². The van der Waals surface area contributed by atoms with Gasteiger partial charge in [-0.2, -0.15) is 0 Å². The van der Waals surface area contributed by atoms with Crippen molar-refractivity contribution in [1.82, 2.24) is 10.2 Å². The summed E-state index contributed by atoms with van der Waals surface area (Å²) in [6, 6.07) is 10.1. The second kappa shape index (κ2) is 9.87. The summed E-state index contributed by atoms with van der Waals surface area (Å²) in [4.78, 5) is 28.0. The van der Waals surface area contributed by atoms with Gasteiger partial charge in [-0.3, -0.25) is 14.5 Å². The highest BCUT2D eigenvalue weighted by atomic mass is 35.5. The van der Waals surface area contributed by atoms with E-state index in [1.807, 2.05) is 0 Å². The number of carbonyl (C=O) groups is 2. The summed E-state index contributed by atoms with van der Waals surface area (Å²) in [7, 11) is 0. The van der Waals surface area contributed by atoms with Crippen molar-refractivity contribution < 1.29 is 14.0 Å². The van der Waals surface area contributed by atoms with Gasteiger partial charge in [0.1, 0.15) is 5.82 Å². The van der Waals surface area contributed by atoms with Crippen LogP contribution in [0, 0.1) is 5.82 Å². The van der Waals surface area contributed by atoms with Crippen molar-refractivity contribution in [3.63, 3.8) is 0 Å². The molecule has 8 heteroatoms. The Hall–Kier alpha value is -2.32. The minimum absolute atomic E-state index is 0.0269. The van der Waals surface area contributed by atoms with Gasteiger partial charge in [-0.1, -0.05) is 29.8 Å². The van der Waals surface area contributed by atoms with Gasteiger partial charge in [0, 0.05) is 11.6 Å². The third kappa shape index (κ3) is 5.49. The normalized spacial score (nSPS) is 19.3. The van der Waals surface area contributed by atoms with Crippen LogP contribution < -0.4 is 16.8 Å².